The molecule has 3 heteroatoms. The molecule has 0 amide bonds. The van der Waals surface area contributed by atoms with Crippen molar-refractivity contribution in [2.45, 2.75) is 32.1 Å². The number of likely N-dealkylation sites (tertiary alicyclic amines) is 1. The van der Waals surface area contributed by atoms with Crippen LogP contribution in [0.1, 0.15) is 24.0 Å². The van der Waals surface area contributed by atoms with Gasteiger partial charge in [-0.3, -0.25) is 4.90 Å². The van der Waals surface area contributed by atoms with Crippen molar-refractivity contribution in [2.24, 2.45) is 0 Å². The number of ether oxygens (including phenoxy) is 1. The molecule has 1 atom stereocenters. The molecule has 1 heterocycles. The number of rotatable bonds is 4. The Morgan fingerprint density at radius 1 is 1.29 bits per heavy atom. The van der Waals surface area contributed by atoms with Crippen LogP contribution in [0.5, 0.6) is 0 Å². The maximum Gasteiger partial charge on any atom is 0.0698 e. The molecule has 0 aromatic heterocycles. The second-order valence-corrected chi connectivity index (χ2v) is 4.71. The van der Waals surface area contributed by atoms with Gasteiger partial charge in [0.1, 0.15) is 0 Å². The van der Waals surface area contributed by atoms with Crippen molar-refractivity contribution >= 4 is 0 Å². The van der Waals surface area contributed by atoms with Crippen LogP contribution in [-0.4, -0.2) is 36.3 Å². The van der Waals surface area contributed by atoms with E-state index in [-0.39, 0.29) is 6.61 Å². The Bertz CT molecular complexity index is 337. The highest BCUT2D eigenvalue weighted by Gasteiger charge is 2.19. The molecule has 94 valence electrons. The van der Waals surface area contributed by atoms with E-state index in [2.05, 4.69) is 17.0 Å². The number of aliphatic hydroxyl groups is 1. The third-order valence-electron chi connectivity index (χ3n) is 3.41. The molecule has 1 unspecified atom stereocenters. The van der Waals surface area contributed by atoms with Crippen molar-refractivity contribution in [3.8, 4) is 0 Å². The van der Waals surface area contributed by atoms with Crippen LogP contribution in [0, 0.1) is 0 Å². The molecule has 0 bridgehead atoms. The summed E-state index contributed by atoms with van der Waals surface area (Å²) >= 11 is 0. The molecule has 1 aromatic carbocycles. The van der Waals surface area contributed by atoms with Gasteiger partial charge in [-0.1, -0.05) is 24.3 Å². The van der Waals surface area contributed by atoms with Crippen LogP contribution < -0.4 is 0 Å². The Labute approximate surface area is 103 Å². The van der Waals surface area contributed by atoms with E-state index in [1.54, 1.807) is 7.11 Å². The van der Waals surface area contributed by atoms with Gasteiger partial charge in [0.25, 0.3) is 0 Å². The number of hydrogen-bond acceptors (Lipinski definition) is 3. The summed E-state index contributed by atoms with van der Waals surface area (Å²) in [7, 11) is 1.80. The second kappa shape index (κ2) is 6.15. The molecular formula is C14H21NO2. The molecule has 1 aliphatic heterocycles. The normalized spacial score (nSPS) is 21.6. The molecule has 1 aliphatic rings. The number of methoxy groups -OCH3 is 1. The van der Waals surface area contributed by atoms with Crippen LogP contribution >= 0.6 is 0 Å². The van der Waals surface area contributed by atoms with Gasteiger partial charge in [-0.2, -0.15) is 0 Å². The van der Waals surface area contributed by atoms with Gasteiger partial charge < -0.3 is 9.84 Å². The lowest BCUT2D eigenvalue weighted by Crippen LogP contribution is -2.38. The van der Waals surface area contributed by atoms with Crippen molar-refractivity contribution < 1.29 is 9.84 Å². The van der Waals surface area contributed by atoms with Crippen molar-refractivity contribution in [3.05, 3.63) is 35.4 Å². The van der Waals surface area contributed by atoms with E-state index >= 15 is 0 Å². The van der Waals surface area contributed by atoms with Crippen LogP contribution in [0.4, 0.5) is 0 Å². The molecule has 0 aliphatic carbocycles. The molecule has 1 aromatic rings. The Morgan fingerprint density at radius 3 is 2.65 bits per heavy atom. The van der Waals surface area contributed by atoms with Gasteiger partial charge in [-0.25, -0.2) is 0 Å². The maximum atomic E-state index is 8.99. The van der Waals surface area contributed by atoms with Crippen LogP contribution in [0.3, 0.4) is 0 Å². The van der Waals surface area contributed by atoms with E-state index in [0.29, 0.717) is 6.10 Å². The zero-order valence-electron chi connectivity index (χ0n) is 10.4. The number of aliphatic hydroxyl groups excluding tert-OH is 1. The zero-order chi connectivity index (χ0) is 12.1. The molecule has 1 N–H and O–H groups in total. The van der Waals surface area contributed by atoms with E-state index < -0.39 is 0 Å². The molecule has 17 heavy (non-hydrogen) atoms. The first kappa shape index (κ1) is 12.6. The van der Waals surface area contributed by atoms with Gasteiger partial charge in [0.2, 0.25) is 0 Å². The molecule has 3 nitrogen and oxygen atoms in total. The minimum absolute atomic E-state index is 0.121. The van der Waals surface area contributed by atoms with Gasteiger partial charge in [0.15, 0.2) is 0 Å². The lowest BCUT2D eigenvalue weighted by molar-refractivity contribution is 0.0285. The molecule has 2 rings (SSSR count). The summed E-state index contributed by atoms with van der Waals surface area (Å²) in [6, 6.07) is 8.18. The summed E-state index contributed by atoms with van der Waals surface area (Å²) in [5.74, 6) is 0. The number of piperidine rings is 1. The lowest BCUT2D eigenvalue weighted by atomic mass is 10.1. The van der Waals surface area contributed by atoms with Crippen molar-refractivity contribution in [1.29, 1.82) is 0 Å². The van der Waals surface area contributed by atoms with Crippen molar-refractivity contribution in [3.63, 3.8) is 0 Å². The van der Waals surface area contributed by atoms with Crippen LogP contribution in [0.2, 0.25) is 0 Å². The largest absolute Gasteiger partial charge is 0.392 e. The monoisotopic (exact) mass is 235 g/mol. The van der Waals surface area contributed by atoms with Crippen molar-refractivity contribution in [2.75, 3.05) is 20.2 Å². The van der Waals surface area contributed by atoms with E-state index in [0.717, 1.165) is 25.2 Å². The summed E-state index contributed by atoms with van der Waals surface area (Å²) in [4.78, 5) is 2.44. The zero-order valence-corrected chi connectivity index (χ0v) is 10.4. The third-order valence-corrected chi connectivity index (χ3v) is 3.41. The Morgan fingerprint density at radius 2 is 2.00 bits per heavy atom. The lowest BCUT2D eigenvalue weighted by Gasteiger charge is -2.31. The highest BCUT2D eigenvalue weighted by Crippen LogP contribution is 2.15. The van der Waals surface area contributed by atoms with Crippen LogP contribution in [-0.2, 0) is 17.9 Å². The van der Waals surface area contributed by atoms with Crippen molar-refractivity contribution in [1.82, 2.24) is 4.90 Å². The topological polar surface area (TPSA) is 32.7 Å². The summed E-state index contributed by atoms with van der Waals surface area (Å²) < 4.78 is 5.42. The fraction of sp³-hybridized carbons (Fsp3) is 0.571. The Hall–Kier alpha value is -0.900. The molecule has 0 saturated carbocycles. The first-order valence-electron chi connectivity index (χ1n) is 6.25. The molecule has 0 spiro atoms. The van der Waals surface area contributed by atoms with E-state index in [9.17, 15) is 0 Å². The highest BCUT2D eigenvalue weighted by molar-refractivity contribution is 5.21. The standard InChI is InChI=1S/C14H21NO2/c1-17-14-3-2-8-15(10-14)9-12-4-6-13(11-16)7-5-12/h4-7,14,16H,2-3,8-11H2,1H3. The number of hydrogen-bond donors (Lipinski definition) is 1. The minimum Gasteiger partial charge on any atom is -0.392 e. The smallest absolute Gasteiger partial charge is 0.0698 e. The van der Waals surface area contributed by atoms with Gasteiger partial charge in [0, 0.05) is 20.2 Å². The third kappa shape index (κ3) is 3.53. The number of benzene rings is 1. The van der Waals surface area contributed by atoms with E-state index in [4.69, 9.17) is 9.84 Å². The minimum atomic E-state index is 0.121. The fourth-order valence-electron chi connectivity index (χ4n) is 2.36. The predicted octanol–water partition coefficient (Wildman–Crippen LogP) is 1.79. The maximum absolute atomic E-state index is 8.99. The van der Waals surface area contributed by atoms with Gasteiger partial charge in [-0.05, 0) is 30.5 Å². The average molecular weight is 235 g/mol. The first-order chi connectivity index (χ1) is 8.31. The van der Waals surface area contributed by atoms with E-state index in [1.807, 2.05) is 12.1 Å². The molecule has 1 saturated heterocycles. The Balaban J connectivity index is 1.90. The molecule has 0 radical (unpaired) electrons. The van der Waals surface area contributed by atoms with Gasteiger partial charge in [0.05, 0.1) is 12.7 Å². The summed E-state index contributed by atoms with van der Waals surface area (Å²) in [5.41, 5.74) is 2.28. The second-order valence-electron chi connectivity index (χ2n) is 4.71. The SMILES string of the molecule is COC1CCCN(Cc2ccc(CO)cc2)C1. The summed E-state index contributed by atoms with van der Waals surface area (Å²) in [6.07, 6.45) is 2.78. The highest BCUT2D eigenvalue weighted by atomic mass is 16.5. The fourth-order valence-corrected chi connectivity index (χ4v) is 2.36. The average Bonchev–Trinajstić information content (AvgIpc) is 2.40. The summed E-state index contributed by atoms with van der Waals surface area (Å²) in [5, 5.41) is 8.99. The Kier molecular flexibility index (Phi) is 4.54. The van der Waals surface area contributed by atoms with Crippen LogP contribution in [0.25, 0.3) is 0 Å². The number of nitrogens with zero attached hydrogens (tertiary/aromatic N) is 1. The van der Waals surface area contributed by atoms with Gasteiger partial charge in [-0.15, -0.1) is 0 Å². The van der Waals surface area contributed by atoms with Crippen LogP contribution in [0.15, 0.2) is 24.3 Å². The summed E-state index contributed by atoms with van der Waals surface area (Å²) in [6.45, 7) is 3.28. The molecular weight excluding hydrogens is 214 g/mol. The molecule has 1 fully saturated rings. The van der Waals surface area contributed by atoms with Gasteiger partial charge >= 0.3 is 0 Å². The predicted molar refractivity (Wildman–Crippen MR) is 67.7 cm³/mol. The quantitative estimate of drug-likeness (QED) is 0.863. The van der Waals surface area contributed by atoms with E-state index in [1.165, 1.54) is 18.4 Å². The first-order valence-corrected chi connectivity index (χ1v) is 6.25.